The summed E-state index contributed by atoms with van der Waals surface area (Å²) in [5.74, 6) is -0.0742. The van der Waals surface area contributed by atoms with E-state index in [1.54, 1.807) is 6.08 Å². The van der Waals surface area contributed by atoms with Crippen molar-refractivity contribution in [1.29, 1.82) is 0 Å². The van der Waals surface area contributed by atoms with Gasteiger partial charge in [0, 0.05) is 6.42 Å². The molecule has 4 nitrogen and oxygen atoms in total. The van der Waals surface area contributed by atoms with Crippen LogP contribution >= 0.6 is 0 Å². The molecule has 0 aliphatic heterocycles. The Bertz CT molecular complexity index is 790. The zero-order valence-electron chi connectivity index (χ0n) is 35.1. The Labute approximate surface area is 325 Å². The fourth-order valence-corrected chi connectivity index (χ4v) is 7.01. The summed E-state index contributed by atoms with van der Waals surface area (Å²) >= 11 is 0. The van der Waals surface area contributed by atoms with Crippen molar-refractivity contribution in [2.45, 2.75) is 257 Å². The van der Waals surface area contributed by atoms with Gasteiger partial charge < -0.3 is 15.5 Å². The highest BCUT2D eigenvalue weighted by molar-refractivity contribution is 5.76. The Balaban J connectivity index is 3.51. The standard InChI is InChI=1S/C48H91NO3/c1-3-5-7-9-11-13-15-17-18-19-20-21-22-23-24-25-26-27-28-29-30-32-34-36-38-40-42-44-48(52)49-46(45-50)47(51)43-41-39-37-35-33-31-16-14-12-10-8-6-4-2/h23-24,33,35,41,43,46-47,50-51H,3-22,25-32,34,36-40,42,44-45H2,1-2H3,(H,49,52)/b24-23-,35-33+,43-41+. The molecule has 0 aromatic heterocycles. The second-order valence-electron chi connectivity index (χ2n) is 15.8. The van der Waals surface area contributed by atoms with E-state index < -0.39 is 12.1 Å². The SMILES string of the molecule is CCCCCCCCC/C=C/CC/C=C/C(O)C(CO)NC(=O)CCCCCCCCCCCCC/C=C\CCCCCCCCCCCCCC. The van der Waals surface area contributed by atoms with E-state index in [-0.39, 0.29) is 12.5 Å². The minimum absolute atomic E-state index is 0.0742. The van der Waals surface area contributed by atoms with Gasteiger partial charge in [0.15, 0.2) is 0 Å². The van der Waals surface area contributed by atoms with Crippen LogP contribution in [-0.2, 0) is 4.79 Å². The summed E-state index contributed by atoms with van der Waals surface area (Å²) in [7, 11) is 0. The second-order valence-corrected chi connectivity index (χ2v) is 15.8. The quantitative estimate of drug-likeness (QED) is 0.0433. The molecular weight excluding hydrogens is 639 g/mol. The first-order valence-corrected chi connectivity index (χ1v) is 23.2. The number of hydrogen-bond donors (Lipinski definition) is 3. The Morgan fingerprint density at radius 2 is 0.750 bits per heavy atom. The van der Waals surface area contributed by atoms with Crippen LogP contribution in [0.3, 0.4) is 0 Å². The summed E-state index contributed by atoms with van der Waals surface area (Å²) in [6.07, 6.45) is 58.4. The lowest BCUT2D eigenvalue weighted by atomic mass is 10.0. The number of aliphatic hydroxyl groups excluding tert-OH is 2. The molecule has 0 bridgehead atoms. The highest BCUT2D eigenvalue weighted by Gasteiger charge is 2.17. The fraction of sp³-hybridized carbons (Fsp3) is 0.854. The molecule has 3 N–H and O–H groups in total. The normalized spacial score (nSPS) is 13.2. The molecule has 1 amide bonds. The molecule has 0 spiro atoms. The zero-order chi connectivity index (χ0) is 37.8. The highest BCUT2D eigenvalue weighted by atomic mass is 16.3. The number of nitrogens with one attached hydrogen (secondary N) is 1. The zero-order valence-corrected chi connectivity index (χ0v) is 35.1. The van der Waals surface area contributed by atoms with Gasteiger partial charge >= 0.3 is 0 Å². The third kappa shape index (κ3) is 39.8. The Morgan fingerprint density at radius 3 is 1.12 bits per heavy atom. The molecule has 0 heterocycles. The summed E-state index contributed by atoms with van der Waals surface area (Å²) in [5.41, 5.74) is 0. The van der Waals surface area contributed by atoms with Gasteiger partial charge in [0.25, 0.3) is 0 Å². The molecule has 0 fully saturated rings. The van der Waals surface area contributed by atoms with Crippen molar-refractivity contribution in [3.05, 3.63) is 36.5 Å². The number of aliphatic hydroxyl groups is 2. The Hall–Kier alpha value is -1.39. The number of unbranched alkanes of at least 4 members (excludes halogenated alkanes) is 31. The number of carbonyl (C=O) groups is 1. The van der Waals surface area contributed by atoms with E-state index in [1.165, 1.54) is 193 Å². The van der Waals surface area contributed by atoms with Gasteiger partial charge in [-0.05, 0) is 57.8 Å². The van der Waals surface area contributed by atoms with E-state index in [1.807, 2.05) is 6.08 Å². The van der Waals surface area contributed by atoms with Gasteiger partial charge in [-0.25, -0.2) is 0 Å². The van der Waals surface area contributed by atoms with Crippen molar-refractivity contribution in [2.75, 3.05) is 6.61 Å². The smallest absolute Gasteiger partial charge is 0.220 e. The third-order valence-corrected chi connectivity index (χ3v) is 10.6. The van der Waals surface area contributed by atoms with Gasteiger partial charge in [-0.2, -0.15) is 0 Å². The van der Waals surface area contributed by atoms with Crippen molar-refractivity contribution in [2.24, 2.45) is 0 Å². The van der Waals surface area contributed by atoms with E-state index >= 15 is 0 Å². The Morgan fingerprint density at radius 1 is 0.442 bits per heavy atom. The maximum atomic E-state index is 12.4. The van der Waals surface area contributed by atoms with Crippen molar-refractivity contribution in [3.63, 3.8) is 0 Å². The minimum atomic E-state index is -0.860. The molecule has 2 atom stereocenters. The van der Waals surface area contributed by atoms with Gasteiger partial charge in [0.05, 0.1) is 18.8 Å². The number of carbonyl (C=O) groups excluding carboxylic acids is 1. The predicted molar refractivity (Wildman–Crippen MR) is 230 cm³/mol. The average molecular weight is 730 g/mol. The lowest BCUT2D eigenvalue weighted by Gasteiger charge is -2.19. The first-order valence-electron chi connectivity index (χ1n) is 23.2. The number of allylic oxidation sites excluding steroid dienone is 5. The highest BCUT2D eigenvalue weighted by Crippen LogP contribution is 2.15. The third-order valence-electron chi connectivity index (χ3n) is 10.6. The van der Waals surface area contributed by atoms with Gasteiger partial charge in [-0.1, -0.05) is 217 Å². The van der Waals surface area contributed by atoms with Gasteiger partial charge in [-0.15, -0.1) is 0 Å². The predicted octanol–water partition coefficient (Wildman–Crippen LogP) is 14.6. The topological polar surface area (TPSA) is 69.6 Å². The first-order chi connectivity index (χ1) is 25.7. The molecule has 306 valence electrons. The second kappa shape index (κ2) is 44.0. The molecule has 0 aliphatic rings. The van der Waals surface area contributed by atoms with Crippen LogP contribution in [0.15, 0.2) is 36.5 Å². The van der Waals surface area contributed by atoms with Crippen LogP contribution in [0.2, 0.25) is 0 Å². The van der Waals surface area contributed by atoms with E-state index in [4.69, 9.17) is 0 Å². The molecule has 0 aliphatic carbocycles. The van der Waals surface area contributed by atoms with Crippen molar-refractivity contribution >= 4 is 5.91 Å². The maximum Gasteiger partial charge on any atom is 0.220 e. The molecule has 0 saturated carbocycles. The molecule has 52 heavy (non-hydrogen) atoms. The van der Waals surface area contributed by atoms with Crippen LogP contribution in [0, 0.1) is 0 Å². The molecule has 0 radical (unpaired) electrons. The first kappa shape index (κ1) is 50.6. The van der Waals surface area contributed by atoms with Gasteiger partial charge in [0.2, 0.25) is 5.91 Å². The largest absolute Gasteiger partial charge is 0.394 e. The lowest BCUT2D eigenvalue weighted by Crippen LogP contribution is -2.45. The Kier molecular flexibility index (Phi) is 42.8. The minimum Gasteiger partial charge on any atom is -0.394 e. The van der Waals surface area contributed by atoms with Crippen molar-refractivity contribution in [3.8, 4) is 0 Å². The molecule has 0 saturated heterocycles. The summed E-state index contributed by atoms with van der Waals surface area (Å²) < 4.78 is 0. The van der Waals surface area contributed by atoms with Crippen molar-refractivity contribution < 1.29 is 15.0 Å². The molecule has 2 unspecified atom stereocenters. The van der Waals surface area contributed by atoms with Gasteiger partial charge in [-0.3, -0.25) is 4.79 Å². The number of rotatable bonds is 42. The van der Waals surface area contributed by atoms with Crippen LogP contribution in [0.1, 0.15) is 245 Å². The van der Waals surface area contributed by atoms with E-state index in [0.29, 0.717) is 6.42 Å². The van der Waals surface area contributed by atoms with Gasteiger partial charge in [0.1, 0.15) is 0 Å². The van der Waals surface area contributed by atoms with Crippen LogP contribution in [-0.4, -0.2) is 34.9 Å². The van der Waals surface area contributed by atoms with Crippen LogP contribution in [0.4, 0.5) is 0 Å². The van der Waals surface area contributed by atoms with E-state index in [9.17, 15) is 15.0 Å². The summed E-state index contributed by atoms with van der Waals surface area (Å²) in [5, 5.41) is 23.0. The summed E-state index contributed by atoms with van der Waals surface area (Å²) in [4.78, 5) is 12.4. The molecule has 0 aromatic rings. The van der Waals surface area contributed by atoms with Crippen LogP contribution in [0.25, 0.3) is 0 Å². The molecule has 4 heteroatoms. The fourth-order valence-electron chi connectivity index (χ4n) is 7.01. The molecule has 0 aromatic carbocycles. The summed E-state index contributed by atoms with van der Waals surface area (Å²) in [6.45, 7) is 4.29. The lowest BCUT2D eigenvalue weighted by molar-refractivity contribution is -0.123. The van der Waals surface area contributed by atoms with Crippen molar-refractivity contribution in [1.82, 2.24) is 5.32 Å². The number of hydrogen-bond acceptors (Lipinski definition) is 3. The molecular formula is C48H91NO3. The monoisotopic (exact) mass is 730 g/mol. The average Bonchev–Trinajstić information content (AvgIpc) is 3.15. The number of amides is 1. The van der Waals surface area contributed by atoms with E-state index in [0.717, 1.165) is 32.1 Å². The van der Waals surface area contributed by atoms with E-state index in [2.05, 4.69) is 43.5 Å². The van der Waals surface area contributed by atoms with Crippen LogP contribution < -0.4 is 5.32 Å². The van der Waals surface area contributed by atoms with Crippen LogP contribution in [0.5, 0.6) is 0 Å². The maximum absolute atomic E-state index is 12.4. The summed E-state index contributed by atoms with van der Waals surface area (Å²) in [6, 6.07) is -0.637. The molecule has 0 rings (SSSR count).